The fourth-order valence-corrected chi connectivity index (χ4v) is 2.20. The van der Waals surface area contributed by atoms with Crippen LogP contribution in [0.4, 0.5) is 4.39 Å². The molecule has 2 aliphatic heterocycles. The molecule has 1 aromatic rings. The minimum absolute atomic E-state index is 0.405. The molecule has 0 amide bonds. The first-order chi connectivity index (χ1) is 8.72. The van der Waals surface area contributed by atoms with E-state index in [1.165, 1.54) is 12.5 Å². The number of hydrogen-bond donors (Lipinski definition) is 3. The molecule has 0 aromatic carbocycles. The smallest absolute Gasteiger partial charge is 0.160 e. The van der Waals surface area contributed by atoms with Crippen LogP contribution in [-0.4, -0.2) is 51.2 Å². The lowest BCUT2D eigenvalue weighted by atomic mass is 10.1. The third-order valence-corrected chi connectivity index (χ3v) is 3.16. The van der Waals surface area contributed by atoms with Gasteiger partial charge < -0.3 is 14.9 Å². The van der Waals surface area contributed by atoms with Gasteiger partial charge in [-0.05, 0) is 0 Å². The zero-order valence-electron chi connectivity index (χ0n) is 9.40. The van der Waals surface area contributed by atoms with Gasteiger partial charge in [0, 0.05) is 0 Å². The molecule has 98 valence electrons. The molecule has 4 atom stereocenters. The Morgan fingerprint density at radius 1 is 1.61 bits per heavy atom. The Labute approximate surface area is 102 Å². The molecule has 0 saturated carbocycles. The second kappa shape index (κ2) is 4.30. The third kappa shape index (κ3) is 1.61. The lowest BCUT2D eigenvalue weighted by molar-refractivity contribution is -0.0242. The number of imidazole rings is 1. The molecule has 8 heteroatoms. The van der Waals surface area contributed by atoms with Crippen LogP contribution in [-0.2, 0) is 11.3 Å². The summed E-state index contributed by atoms with van der Waals surface area (Å²) in [5.41, 5.74) is 3.30. The van der Waals surface area contributed by atoms with E-state index in [1.807, 2.05) is 0 Å². The van der Waals surface area contributed by atoms with Gasteiger partial charge in [-0.15, -0.1) is 0 Å². The SMILES string of the molecule is OC[C@H]1O[C@@H](c2cnc3n2NC=NC3)[C@H](F)[C@@H]1O. The van der Waals surface area contributed by atoms with Gasteiger partial charge >= 0.3 is 0 Å². The van der Waals surface area contributed by atoms with Crippen LogP contribution >= 0.6 is 0 Å². The molecule has 7 nitrogen and oxygen atoms in total. The van der Waals surface area contributed by atoms with Crippen molar-refractivity contribution in [2.75, 3.05) is 12.0 Å². The van der Waals surface area contributed by atoms with Gasteiger partial charge in [-0.25, -0.2) is 14.1 Å². The maximum atomic E-state index is 14.0. The third-order valence-electron chi connectivity index (χ3n) is 3.16. The van der Waals surface area contributed by atoms with Crippen LogP contribution in [0.25, 0.3) is 0 Å². The van der Waals surface area contributed by atoms with Crippen molar-refractivity contribution >= 4 is 6.34 Å². The Morgan fingerprint density at radius 2 is 2.44 bits per heavy atom. The average Bonchev–Trinajstić information content (AvgIpc) is 2.93. The fraction of sp³-hybridized carbons (Fsp3) is 0.600. The van der Waals surface area contributed by atoms with Crippen molar-refractivity contribution in [1.29, 1.82) is 0 Å². The number of fused-ring (bicyclic) bond motifs is 1. The van der Waals surface area contributed by atoms with Crippen molar-refractivity contribution in [3.63, 3.8) is 0 Å². The van der Waals surface area contributed by atoms with Gasteiger partial charge in [0.1, 0.15) is 37.0 Å². The monoisotopic (exact) mass is 256 g/mol. The molecule has 3 rings (SSSR count). The summed E-state index contributed by atoms with van der Waals surface area (Å²) >= 11 is 0. The van der Waals surface area contributed by atoms with Crippen molar-refractivity contribution < 1.29 is 19.3 Å². The highest BCUT2D eigenvalue weighted by atomic mass is 19.1. The van der Waals surface area contributed by atoms with E-state index in [0.29, 0.717) is 18.1 Å². The minimum Gasteiger partial charge on any atom is -0.394 e. The lowest BCUT2D eigenvalue weighted by Gasteiger charge is -2.18. The number of alkyl halides is 1. The molecule has 0 aliphatic carbocycles. The van der Waals surface area contributed by atoms with Gasteiger partial charge in [0.2, 0.25) is 0 Å². The summed E-state index contributed by atoms with van der Waals surface area (Å²) in [6.45, 7) is -0.0172. The molecule has 1 fully saturated rings. The topological polar surface area (TPSA) is 91.9 Å². The Morgan fingerprint density at radius 3 is 3.17 bits per heavy atom. The van der Waals surface area contributed by atoms with Crippen molar-refractivity contribution in [1.82, 2.24) is 9.66 Å². The van der Waals surface area contributed by atoms with Crippen LogP contribution in [0, 0.1) is 0 Å². The van der Waals surface area contributed by atoms with Crippen LogP contribution in [0.2, 0.25) is 0 Å². The molecular weight excluding hydrogens is 243 g/mol. The van der Waals surface area contributed by atoms with Gasteiger partial charge in [-0.3, -0.25) is 10.4 Å². The highest BCUT2D eigenvalue weighted by molar-refractivity contribution is 5.65. The van der Waals surface area contributed by atoms with Crippen molar-refractivity contribution in [3.05, 3.63) is 17.7 Å². The summed E-state index contributed by atoms with van der Waals surface area (Å²) < 4.78 is 20.9. The van der Waals surface area contributed by atoms with Crippen molar-refractivity contribution in [3.8, 4) is 0 Å². The van der Waals surface area contributed by atoms with Gasteiger partial charge in [-0.1, -0.05) is 0 Å². The summed E-state index contributed by atoms with van der Waals surface area (Å²) in [7, 11) is 0. The summed E-state index contributed by atoms with van der Waals surface area (Å²) in [6.07, 6.45) is -1.81. The Hall–Kier alpha value is -1.51. The average molecular weight is 256 g/mol. The number of ether oxygens (including phenoxy) is 1. The number of nitrogens with zero attached hydrogens (tertiary/aromatic N) is 3. The normalized spacial score (nSPS) is 34.4. The molecule has 1 aromatic heterocycles. The molecule has 0 bridgehead atoms. The summed E-state index contributed by atoms with van der Waals surface area (Å²) in [5, 5.41) is 18.6. The van der Waals surface area contributed by atoms with E-state index in [4.69, 9.17) is 9.84 Å². The van der Waals surface area contributed by atoms with E-state index in [-0.39, 0.29) is 0 Å². The highest BCUT2D eigenvalue weighted by Gasteiger charge is 2.46. The second-order valence-electron chi connectivity index (χ2n) is 4.25. The van der Waals surface area contributed by atoms with Crippen molar-refractivity contribution in [2.24, 2.45) is 4.99 Å². The minimum atomic E-state index is -1.59. The van der Waals surface area contributed by atoms with Crippen LogP contribution in [0.3, 0.4) is 0 Å². The number of hydrogen-bond acceptors (Lipinski definition) is 6. The first-order valence-electron chi connectivity index (χ1n) is 5.62. The van der Waals surface area contributed by atoms with E-state index in [9.17, 15) is 9.50 Å². The predicted molar refractivity (Wildman–Crippen MR) is 59.4 cm³/mol. The largest absolute Gasteiger partial charge is 0.394 e. The van der Waals surface area contributed by atoms with E-state index >= 15 is 0 Å². The van der Waals surface area contributed by atoms with Gasteiger partial charge in [-0.2, -0.15) is 0 Å². The Balaban J connectivity index is 1.90. The maximum absolute atomic E-state index is 14.0. The number of aliphatic hydroxyl groups is 2. The molecule has 0 spiro atoms. The van der Waals surface area contributed by atoms with Crippen molar-refractivity contribution in [2.45, 2.75) is 31.0 Å². The number of aliphatic hydroxyl groups excluding tert-OH is 2. The van der Waals surface area contributed by atoms with E-state index in [0.717, 1.165) is 0 Å². The predicted octanol–water partition coefficient (Wildman–Crippen LogP) is -0.900. The molecule has 0 unspecified atom stereocenters. The molecule has 0 radical (unpaired) electrons. The first-order valence-corrected chi connectivity index (χ1v) is 5.62. The molecule has 1 saturated heterocycles. The van der Waals surface area contributed by atoms with Crippen LogP contribution in [0.1, 0.15) is 17.6 Å². The molecule has 2 aliphatic rings. The molecule has 3 N–H and O–H groups in total. The number of halogens is 1. The van der Waals surface area contributed by atoms with E-state index < -0.39 is 31.1 Å². The van der Waals surface area contributed by atoms with Gasteiger partial charge in [0.15, 0.2) is 6.17 Å². The number of nitrogens with one attached hydrogen (secondary N) is 1. The molecular formula is C10H13FN4O3. The zero-order valence-corrected chi connectivity index (χ0v) is 9.40. The zero-order chi connectivity index (χ0) is 12.7. The van der Waals surface area contributed by atoms with E-state index in [2.05, 4.69) is 15.4 Å². The number of rotatable bonds is 2. The Bertz CT molecular complexity index is 478. The van der Waals surface area contributed by atoms with Gasteiger partial charge in [0.25, 0.3) is 0 Å². The summed E-state index contributed by atoms with van der Waals surface area (Å²) in [4.78, 5) is 8.09. The fourth-order valence-electron chi connectivity index (χ4n) is 2.20. The van der Waals surface area contributed by atoms with E-state index in [1.54, 1.807) is 4.68 Å². The van der Waals surface area contributed by atoms with Crippen LogP contribution < -0.4 is 5.43 Å². The number of aromatic nitrogens is 2. The highest BCUT2D eigenvalue weighted by Crippen LogP contribution is 2.35. The van der Waals surface area contributed by atoms with Gasteiger partial charge in [0.05, 0.1) is 18.5 Å². The summed E-state index contributed by atoms with van der Waals surface area (Å²) in [6, 6.07) is 0. The van der Waals surface area contributed by atoms with Crippen LogP contribution in [0.15, 0.2) is 11.2 Å². The standard InChI is InChI=1S/C10H13FN4O3/c11-8-9(17)6(3-16)18-10(8)5-1-13-7-2-12-4-14-15(5)7/h1,4,6,8-10,16-17H,2-3H2,(H,12,14)/t6-,8-,9-,10+/m1/s1. The lowest BCUT2D eigenvalue weighted by Crippen LogP contribution is -2.30. The van der Waals surface area contributed by atoms with Crippen LogP contribution in [0.5, 0.6) is 0 Å². The Kier molecular flexibility index (Phi) is 2.77. The number of aliphatic imine (C=N–C) groups is 1. The molecule has 18 heavy (non-hydrogen) atoms. The quantitative estimate of drug-likeness (QED) is 0.638. The maximum Gasteiger partial charge on any atom is 0.160 e. The summed E-state index contributed by atoms with van der Waals surface area (Å²) in [5.74, 6) is 0.644. The second-order valence-corrected chi connectivity index (χ2v) is 4.25. The first kappa shape index (κ1) is 11.6. The molecule has 3 heterocycles.